The van der Waals surface area contributed by atoms with E-state index >= 15 is 0 Å². The molecular formula is C12H15F4NO6. The number of carbonyl (C=O) groups is 3. The van der Waals surface area contributed by atoms with Gasteiger partial charge in [0.05, 0.1) is 12.1 Å². The fourth-order valence-electron chi connectivity index (χ4n) is 2.01. The van der Waals surface area contributed by atoms with Gasteiger partial charge in [0.25, 0.3) is 0 Å². The highest BCUT2D eigenvalue weighted by Gasteiger charge is 2.51. The quantitative estimate of drug-likeness (QED) is 0.595. The Morgan fingerprint density at radius 3 is 2.04 bits per heavy atom. The number of halogens is 4. The number of alkyl halides is 4. The molecule has 0 aliphatic carbocycles. The Balaban J connectivity index is 3.00. The van der Waals surface area contributed by atoms with Crippen LogP contribution in [0.4, 0.5) is 17.6 Å². The summed E-state index contributed by atoms with van der Waals surface area (Å²) in [6.07, 6.45) is -12.3. The maximum atomic E-state index is 14.3. The summed E-state index contributed by atoms with van der Waals surface area (Å²) >= 11 is 0. The van der Waals surface area contributed by atoms with Crippen LogP contribution in [-0.2, 0) is 28.6 Å². The highest BCUT2D eigenvalue weighted by Crippen LogP contribution is 2.28. The fraction of sp³-hybridized carbons (Fsp3) is 0.750. The monoisotopic (exact) mass is 345 g/mol. The molecule has 0 bridgehead atoms. The van der Waals surface area contributed by atoms with Crippen LogP contribution in [-0.4, -0.2) is 54.7 Å². The molecule has 132 valence electrons. The molecule has 1 fully saturated rings. The lowest BCUT2D eigenvalue weighted by molar-refractivity contribution is -0.253. The van der Waals surface area contributed by atoms with Gasteiger partial charge in [0.15, 0.2) is 6.10 Å². The second kappa shape index (κ2) is 7.11. The van der Waals surface area contributed by atoms with Crippen LogP contribution in [0.5, 0.6) is 0 Å². The van der Waals surface area contributed by atoms with Crippen molar-refractivity contribution in [2.75, 3.05) is 0 Å². The molecule has 1 N–H and O–H groups in total. The second-order valence-electron chi connectivity index (χ2n) is 4.83. The number of nitrogens with one attached hydrogen (secondary N) is 1. The number of esters is 2. The lowest BCUT2D eigenvalue weighted by Gasteiger charge is -2.41. The van der Waals surface area contributed by atoms with E-state index in [1.807, 2.05) is 0 Å². The normalized spacial score (nSPS) is 31.2. The zero-order valence-corrected chi connectivity index (χ0v) is 12.3. The molecule has 1 rings (SSSR count). The van der Waals surface area contributed by atoms with Crippen molar-refractivity contribution in [3.05, 3.63) is 0 Å². The smallest absolute Gasteiger partial charge is 0.457 e. The molecular weight excluding hydrogens is 330 g/mol. The molecule has 0 aromatic rings. The highest BCUT2D eigenvalue weighted by atomic mass is 19.4. The summed E-state index contributed by atoms with van der Waals surface area (Å²) in [4.78, 5) is 33.0. The van der Waals surface area contributed by atoms with Gasteiger partial charge in [-0.1, -0.05) is 0 Å². The highest BCUT2D eigenvalue weighted by molar-refractivity contribution is 5.82. The third kappa shape index (κ3) is 5.05. The summed E-state index contributed by atoms with van der Waals surface area (Å²) in [7, 11) is 0. The number of rotatable bonds is 3. The van der Waals surface area contributed by atoms with E-state index < -0.39 is 54.7 Å². The van der Waals surface area contributed by atoms with Gasteiger partial charge in [0.2, 0.25) is 12.5 Å². The van der Waals surface area contributed by atoms with E-state index in [0.29, 0.717) is 0 Å². The molecule has 5 atom stereocenters. The average Bonchev–Trinajstić information content (AvgIpc) is 2.37. The van der Waals surface area contributed by atoms with E-state index in [0.717, 1.165) is 13.8 Å². The minimum absolute atomic E-state index is 0.899. The number of hydrogen-bond acceptors (Lipinski definition) is 6. The van der Waals surface area contributed by atoms with Gasteiger partial charge in [-0.25, -0.2) is 4.39 Å². The van der Waals surface area contributed by atoms with E-state index in [4.69, 9.17) is 4.74 Å². The Labute approximate surface area is 128 Å². The van der Waals surface area contributed by atoms with Crippen molar-refractivity contribution in [1.29, 1.82) is 0 Å². The molecule has 1 amide bonds. The van der Waals surface area contributed by atoms with E-state index in [1.165, 1.54) is 12.2 Å². The van der Waals surface area contributed by atoms with Gasteiger partial charge in [0, 0.05) is 13.8 Å². The van der Waals surface area contributed by atoms with E-state index in [-0.39, 0.29) is 0 Å². The van der Waals surface area contributed by atoms with Crippen molar-refractivity contribution < 1.29 is 46.2 Å². The second-order valence-corrected chi connectivity index (χ2v) is 4.83. The van der Waals surface area contributed by atoms with Crippen LogP contribution in [0, 0.1) is 0 Å². The molecule has 11 heteroatoms. The van der Waals surface area contributed by atoms with Gasteiger partial charge in [-0.3, -0.25) is 14.4 Å². The first-order chi connectivity index (χ1) is 10.4. The van der Waals surface area contributed by atoms with Gasteiger partial charge in [-0.15, -0.1) is 0 Å². The SMILES string of the molecule is CC(=O)OC1O[C@@H](C)[C@@H](NC(=O)C(F)(F)F)[C@@H](OC(C)=O)[C@H]1F. The van der Waals surface area contributed by atoms with Crippen LogP contribution in [0.15, 0.2) is 0 Å². The standard InChI is InChI=1S/C12H15F4NO6/c1-4-8(17-11(20)12(14,15)16)9(22-5(2)18)7(13)10(21-4)23-6(3)19/h4,7-10H,1-3H3,(H,17,20)/t4-,7+,8+,9-,10?/m0/s1. The zero-order chi connectivity index (χ0) is 17.9. The summed E-state index contributed by atoms with van der Waals surface area (Å²) in [5.41, 5.74) is 0. The maximum Gasteiger partial charge on any atom is 0.471 e. The van der Waals surface area contributed by atoms with Gasteiger partial charge in [0.1, 0.15) is 0 Å². The van der Waals surface area contributed by atoms with E-state index in [2.05, 4.69) is 9.47 Å². The Morgan fingerprint density at radius 1 is 1.09 bits per heavy atom. The minimum atomic E-state index is -5.21. The van der Waals surface area contributed by atoms with Gasteiger partial charge in [-0.2, -0.15) is 13.2 Å². The summed E-state index contributed by atoms with van der Waals surface area (Å²) in [5.74, 6) is -4.22. The van der Waals surface area contributed by atoms with Crippen LogP contribution in [0.1, 0.15) is 20.8 Å². The molecule has 1 aliphatic heterocycles. The van der Waals surface area contributed by atoms with Crippen molar-refractivity contribution in [2.45, 2.75) is 57.7 Å². The summed E-state index contributed by atoms with van der Waals surface area (Å²) in [6.45, 7) is 3.09. The molecule has 0 spiro atoms. The Bertz CT molecular complexity index is 483. The molecule has 0 saturated carbocycles. The molecule has 0 aromatic carbocycles. The first-order valence-corrected chi connectivity index (χ1v) is 6.45. The third-order valence-electron chi connectivity index (χ3n) is 2.92. The van der Waals surface area contributed by atoms with Gasteiger partial charge < -0.3 is 19.5 Å². The fourth-order valence-corrected chi connectivity index (χ4v) is 2.01. The molecule has 1 heterocycles. The van der Waals surface area contributed by atoms with Crippen molar-refractivity contribution in [2.24, 2.45) is 0 Å². The van der Waals surface area contributed by atoms with Gasteiger partial charge >= 0.3 is 24.0 Å². The van der Waals surface area contributed by atoms with Crippen molar-refractivity contribution >= 4 is 17.8 Å². The van der Waals surface area contributed by atoms with Crippen LogP contribution >= 0.6 is 0 Å². The molecule has 1 saturated heterocycles. The Morgan fingerprint density at radius 2 is 1.61 bits per heavy atom. The predicted molar refractivity (Wildman–Crippen MR) is 64.5 cm³/mol. The predicted octanol–water partition coefficient (Wildman–Crippen LogP) is 0.611. The van der Waals surface area contributed by atoms with Crippen molar-refractivity contribution in [3.63, 3.8) is 0 Å². The van der Waals surface area contributed by atoms with Gasteiger partial charge in [-0.05, 0) is 6.92 Å². The van der Waals surface area contributed by atoms with E-state index in [1.54, 1.807) is 0 Å². The zero-order valence-electron chi connectivity index (χ0n) is 12.3. The molecule has 0 radical (unpaired) electrons. The minimum Gasteiger partial charge on any atom is -0.457 e. The Hall–Kier alpha value is -1.91. The summed E-state index contributed by atoms with van der Waals surface area (Å²) in [5, 5.41) is 1.52. The topological polar surface area (TPSA) is 90.9 Å². The molecule has 7 nitrogen and oxygen atoms in total. The van der Waals surface area contributed by atoms with Crippen LogP contribution in [0.2, 0.25) is 0 Å². The molecule has 1 unspecified atom stereocenters. The van der Waals surface area contributed by atoms with Crippen molar-refractivity contribution in [1.82, 2.24) is 5.32 Å². The lowest BCUT2D eigenvalue weighted by atomic mass is 9.97. The molecule has 0 aromatic heterocycles. The first kappa shape index (κ1) is 19.1. The number of amides is 1. The first-order valence-electron chi connectivity index (χ1n) is 6.45. The largest absolute Gasteiger partial charge is 0.471 e. The molecule has 23 heavy (non-hydrogen) atoms. The summed E-state index contributed by atoms with van der Waals surface area (Å²) < 4.78 is 65.5. The maximum absolute atomic E-state index is 14.3. The van der Waals surface area contributed by atoms with E-state index in [9.17, 15) is 31.9 Å². The number of carbonyl (C=O) groups excluding carboxylic acids is 3. The number of hydrogen-bond donors (Lipinski definition) is 1. The molecule has 1 aliphatic rings. The van der Waals surface area contributed by atoms with Crippen molar-refractivity contribution in [3.8, 4) is 0 Å². The number of ether oxygens (including phenoxy) is 3. The lowest BCUT2D eigenvalue weighted by Crippen LogP contribution is -2.64. The third-order valence-corrected chi connectivity index (χ3v) is 2.92. The van der Waals surface area contributed by atoms with Crippen LogP contribution in [0.3, 0.4) is 0 Å². The average molecular weight is 345 g/mol. The Kier molecular flexibility index (Phi) is 5.92. The summed E-state index contributed by atoms with van der Waals surface area (Å²) in [6, 6.07) is -1.62. The van der Waals surface area contributed by atoms with Crippen LogP contribution in [0.25, 0.3) is 0 Å². The van der Waals surface area contributed by atoms with Crippen LogP contribution < -0.4 is 5.32 Å².